The van der Waals surface area contributed by atoms with Crippen LogP contribution in [0.1, 0.15) is 12.5 Å². The van der Waals surface area contributed by atoms with E-state index in [2.05, 4.69) is 35.0 Å². The van der Waals surface area contributed by atoms with Gasteiger partial charge in [-0.1, -0.05) is 6.07 Å². The molecule has 1 aromatic heterocycles. The van der Waals surface area contributed by atoms with Crippen LogP contribution in [0.5, 0.6) is 0 Å². The van der Waals surface area contributed by atoms with Gasteiger partial charge in [0.2, 0.25) is 0 Å². The summed E-state index contributed by atoms with van der Waals surface area (Å²) in [6, 6.07) is 8.68. The van der Waals surface area contributed by atoms with E-state index in [0.29, 0.717) is 0 Å². The Morgan fingerprint density at radius 3 is 3.12 bits per heavy atom. The molecule has 3 rings (SSSR count). The summed E-state index contributed by atoms with van der Waals surface area (Å²) in [6.45, 7) is 4.05. The zero-order valence-electron chi connectivity index (χ0n) is 10.1. The van der Waals surface area contributed by atoms with Gasteiger partial charge in [-0.25, -0.2) is 0 Å². The Bertz CT molecular complexity index is 548. The number of benzene rings is 1. The van der Waals surface area contributed by atoms with Gasteiger partial charge in [0.25, 0.3) is 0 Å². The van der Waals surface area contributed by atoms with Gasteiger partial charge in [0, 0.05) is 36.4 Å². The van der Waals surface area contributed by atoms with Crippen molar-refractivity contribution >= 4 is 16.6 Å². The number of nitrogens with zero attached hydrogens (tertiary/aromatic N) is 2. The fourth-order valence-corrected chi connectivity index (χ4v) is 2.65. The van der Waals surface area contributed by atoms with Crippen LogP contribution in [0.25, 0.3) is 10.9 Å². The van der Waals surface area contributed by atoms with Crippen molar-refractivity contribution in [2.45, 2.75) is 19.4 Å². The van der Waals surface area contributed by atoms with Gasteiger partial charge in [0.1, 0.15) is 0 Å². The van der Waals surface area contributed by atoms with Crippen molar-refractivity contribution in [3.8, 4) is 0 Å². The molecule has 0 radical (unpaired) electrons. The van der Waals surface area contributed by atoms with E-state index < -0.39 is 0 Å². The van der Waals surface area contributed by atoms with Crippen LogP contribution in [0.15, 0.2) is 30.5 Å². The van der Waals surface area contributed by atoms with Gasteiger partial charge in [-0.15, -0.1) is 0 Å². The Labute approximate surface area is 101 Å². The van der Waals surface area contributed by atoms with Gasteiger partial charge in [-0.2, -0.15) is 0 Å². The lowest BCUT2D eigenvalue weighted by Gasteiger charge is -2.22. The molecule has 0 unspecified atom stereocenters. The fraction of sp³-hybridized carbons (Fsp3) is 0.357. The molecule has 0 spiro atoms. The first-order valence-corrected chi connectivity index (χ1v) is 6.13. The van der Waals surface area contributed by atoms with Gasteiger partial charge in [0.05, 0.1) is 5.52 Å². The SMILES string of the molecule is C[C@@H](N)CN1CCc2ccc3ncccc3c21. The molecule has 1 aromatic carbocycles. The lowest BCUT2D eigenvalue weighted by atomic mass is 10.1. The zero-order valence-corrected chi connectivity index (χ0v) is 10.1. The molecular formula is C14H17N3. The van der Waals surface area contributed by atoms with Gasteiger partial charge < -0.3 is 10.6 Å². The standard InChI is InChI=1S/C14H17N3/c1-10(15)9-17-8-6-11-4-5-13-12(14(11)17)3-2-7-16-13/h2-5,7,10H,6,8-9,15H2,1H3/t10-/m1/s1. The summed E-state index contributed by atoms with van der Waals surface area (Å²) < 4.78 is 0. The third-order valence-electron chi connectivity index (χ3n) is 3.32. The van der Waals surface area contributed by atoms with Crippen LogP contribution in [0.4, 0.5) is 5.69 Å². The predicted molar refractivity (Wildman–Crippen MR) is 71.3 cm³/mol. The molecular weight excluding hydrogens is 210 g/mol. The predicted octanol–water partition coefficient (Wildman–Crippen LogP) is 1.94. The molecule has 0 fully saturated rings. The number of hydrogen-bond acceptors (Lipinski definition) is 3. The number of anilines is 1. The highest BCUT2D eigenvalue weighted by Crippen LogP contribution is 2.34. The average molecular weight is 227 g/mol. The summed E-state index contributed by atoms with van der Waals surface area (Å²) in [4.78, 5) is 6.81. The van der Waals surface area contributed by atoms with E-state index in [9.17, 15) is 0 Å². The molecule has 3 nitrogen and oxygen atoms in total. The van der Waals surface area contributed by atoms with Crippen molar-refractivity contribution in [3.63, 3.8) is 0 Å². The second-order valence-electron chi connectivity index (χ2n) is 4.82. The quantitative estimate of drug-likeness (QED) is 0.852. The molecule has 0 saturated carbocycles. The van der Waals surface area contributed by atoms with E-state index in [1.165, 1.54) is 16.6 Å². The number of nitrogens with two attached hydrogens (primary N) is 1. The monoisotopic (exact) mass is 227 g/mol. The number of hydrogen-bond donors (Lipinski definition) is 1. The maximum absolute atomic E-state index is 5.92. The summed E-state index contributed by atoms with van der Waals surface area (Å²) >= 11 is 0. The van der Waals surface area contributed by atoms with Crippen LogP contribution < -0.4 is 10.6 Å². The Kier molecular flexibility index (Phi) is 2.48. The van der Waals surface area contributed by atoms with Gasteiger partial charge >= 0.3 is 0 Å². The van der Waals surface area contributed by atoms with E-state index in [1.54, 1.807) is 0 Å². The molecule has 1 atom stereocenters. The highest BCUT2D eigenvalue weighted by atomic mass is 15.2. The maximum Gasteiger partial charge on any atom is 0.0722 e. The van der Waals surface area contributed by atoms with Gasteiger partial charge in [-0.05, 0) is 37.1 Å². The van der Waals surface area contributed by atoms with Crippen LogP contribution in [0.2, 0.25) is 0 Å². The zero-order chi connectivity index (χ0) is 11.8. The average Bonchev–Trinajstić information content (AvgIpc) is 2.72. The Morgan fingerprint density at radius 2 is 2.29 bits per heavy atom. The molecule has 0 amide bonds. The highest BCUT2D eigenvalue weighted by Gasteiger charge is 2.22. The van der Waals surface area contributed by atoms with Crippen LogP contribution in [-0.4, -0.2) is 24.1 Å². The second kappa shape index (κ2) is 4.00. The Morgan fingerprint density at radius 1 is 1.41 bits per heavy atom. The lowest BCUT2D eigenvalue weighted by molar-refractivity contribution is 0.694. The molecule has 88 valence electrons. The van der Waals surface area contributed by atoms with Gasteiger partial charge in [0.15, 0.2) is 0 Å². The normalized spacial score (nSPS) is 16.2. The van der Waals surface area contributed by atoms with Gasteiger partial charge in [-0.3, -0.25) is 4.98 Å². The number of rotatable bonds is 2. The van der Waals surface area contributed by atoms with Crippen molar-refractivity contribution in [1.82, 2.24) is 4.98 Å². The second-order valence-corrected chi connectivity index (χ2v) is 4.82. The molecule has 1 aliphatic rings. The van der Waals surface area contributed by atoms with E-state index in [0.717, 1.165) is 25.0 Å². The fourth-order valence-electron chi connectivity index (χ4n) is 2.65. The van der Waals surface area contributed by atoms with Crippen molar-refractivity contribution < 1.29 is 0 Å². The van der Waals surface area contributed by atoms with Crippen LogP contribution >= 0.6 is 0 Å². The molecule has 0 aliphatic carbocycles. The minimum Gasteiger partial charge on any atom is -0.369 e. The number of aromatic nitrogens is 1. The Balaban J connectivity index is 2.14. The first-order chi connectivity index (χ1) is 8.25. The summed E-state index contributed by atoms with van der Waals surface area (Å²) in [5.74, 6) is 0. The topological polar surface area (TPSA) is 42.1 Å². The molecule has 2 aromatic rings. The van der Waals surface area contributed by atoms with Crippen LogP contribution in [0, 0.1) is 0 Å². The molecule has 17 heavy (non-hydrogen) atoms. The van der Waals surface area contributed by atoms with E-state index >= 15 is 0 Å². The first-order valence-electron chi connectivity index (χ1n) is 6.13. The van der Waals surface area contributed by atoms with Crippen molar-refractivity contribution in [2.75, 3.05) is 18.0 Å². The molecule has 2 N–H and O–H groups in total. The Hall–Kier alpha value is -1.61. The maximum atomic E-state index is 5.92. The summed E-state index contributed by atoms with van der Waals surface area (Å²) in [7, 11) is 0. The first kappa shape index (κ1) is 10.5. The van der Waals surface area contributed by atoms with Crippen molar-refractivity contribution in [2.24, 2.45) is 5.73 Å². The lowest BCUT2D eigenvalue weighted by Crippen LogP contribution is -2.34. The smallest absolute Gasteiger partial charge is 0.0722 e. The summed E-state index contributed by atoms with van der Waals surface area (Å²) in [5, 5.41) is 1.25. The molecule has 2 heterocycles. The summed E-state index contributed by atoms with van der Waals surface area (Å²) in [6.07, 6.45) is 2.96. The molecule has 1 aliphatic heterocycles. The van der Waals surface area contributed by atoms with Crippen LogP contribution in [0.3, 0.4) is 0 Å². The molecule has 3 heteroatoms. The largest absolute Gasteiger partial charge is 0.369 e. The molecule has 0 saturated heterocycles. The van der Waals surface area contributed by atoms with Crippen LogP contribution in [-0.2, 0) is 6.42 Å². The van der Waals surface area contributed by atoms with Crippen molar-refractivity contribution in [3.05, 3.63) is 36.0 Å². The van der Waals surface area contributed by atoms with E-state index in [1.807, 2.05) is 12.3 Å². The third-order valence-corrected chi connectivity index (χ3v) is 3.32. The van der Waals surface area contributed by atoms with E-state index in [-0.39, 0.29) is 6.04 Å². The third kappa shape index (κ3) is 1.76. The number of fused-ring (bicyclic) bond motifs is 3. The molecule has 0 bridgehead atoms. The highest BCUT2D eigenvalue weighted by molar-refractivity contribution is 5.94. The minimum atomic E-state index is 0.202. The van der Waals surface area contributed by atoms with E-state index in [4.69, 9.17) is 5.73 Å². The summed E-state index contributed by atoms with van der Waals surface area (Å²) in [5.41, 5.74) is 9.75. The van der Waals surface area contributed by atoms with Crippen molar-refractivity contribution in [1.29, 1.82) is 0 Å². The number of pyridine rings is 1. The minimum absolute atomic E-state index is 0.202.